The molecule has 2 aromatic carbocycles. The van der Waals surface area contributed by atoms with Crippen molar-refractivity contribution in [1.82, 2.24) is 0 Å². The summed E-state index contributed by atoms with van der Waals surface area (Å²) in [4.78, 5) is 23.4. The maximum atomic E-state index is 12.4. The molecule has 1 saturated carbocycles. The molecule has 0 amide bonds. The topological polar surface area (TPSA) is 74.2 Å². The number of rotatable bonds is 11. The second-order valence-electron chi connectivity index (χ2n) is 10.3. The largest absolute Gasteiger partial charge is 0.573 e. The number of esters is 1. The second kappa shape index (κ2) is 12.4. The standard InChI is InChI=1S/C27H35F3O6Si/c1-26(37(2,3)32,18-33-17-20-12-14-22(15-13-20)36-27(28,29)30)19-34-23-10-7-11-24(16-23)35-25(31)21-8-5-4-6-9-21/h4-6,8-9,12-15,23-24,32H,7,10-11,16-19H2,1-3H3/t23-,24+,26?/m1/s1. The van der Waals surface area contributed by atoms with Crippen LogP contribution in [0.1, 0.15) is 48.5 Å². The minimum absolute atomic E-state index is 0.0980. The number of carbonyl (C=O) groups excluding carboxylic acids is 1. The van der Waals surface area contributed by atoms with Crippen LogP contribution in [0.4, 0.5) is 13.2 Å². The molecule has 0 aromatic heterocycles. The van der Waals surface area contributed by atoms with Gasteiger partial charge in [-0.3, -0.25) is 0 Å². The molecule has 1 fully saturated rings. The van der Waals surface area contributed by atoms with Gasteiger partial charge in [0.2, 0.25) is 0 Å². The summed E-state index contributed by atoms with van der Waals surface area (Å²) in [6.07, 6.45) is -1.97. The lowest BCUT2D eigenvalue weighted by Gasteiger charge is -2.40. The molecule has 6 nitrogen and oxygen atoms in total. The Morgan fingerprint density at radius 2 is 1.65 bits per heavy atom. The van der Waals surface area contributed by atoms with Crippen LogP contribution in [0.25, 0.3) is 0 Å². The van der Waals surface area contributed by atoms with Crippen LogP contribution in [0, 0.1) is 0 Å². The zero-order chi connectivity index (χ0) is 27.1. The Hall–Kier alpha value is -2.40. The maximum absolute atomic E-state index is 12.4. The van der Waals surface area contributed by atoms with Crippen LogP contribution >= 0.6 is 0 Å². The Balaban J connectivity index is 1.50. The third kappa shape index (κ3) is 9.13. The van der Waals surface area contributed by atoms with Gasteiger partial charge in [-0.1, -0.05) is 37.3 Å². The molecular weight excluding hydrogens is 505 g/mol. The fraction of sp³-hybridized carbons (Fsp3) is 0.519. The Kier molecular flexibility index (Phi) is 9.79. The van der Waals surface area contributed by atoms with Gasteiger partial charge in [0.25, 0.3) is 0 Å². The third-order valence-electron chi connectivity index (χ3n) is 6.82. The number of ether oxygens (including phenoxy) is 4. The van der Waals surface area contributed by atoms with E-state index in [0.29, 0.717) is 17.5 Å². The molecule has 0 spiro atoms. The highest BCUT2D eigenvalue weighted by atomic mass is 28.4. The fourth-order valence-corrected chi connectivity index (χ4v) is 4.92. The minimum Gasteiger partial charge on any atom is -0.459 e. The fourth-order valence-electron chi connectivity index (χ4n) is 4.03. The van der Waals surface area contributed by atoms with Gasteiger partial charge in [-0.05, 0) is 62.2 Å². The predicted molar refractivity (Wildman–Crippen MR) is 135 cm³/mol. The molecule has 0 bridgehead atoms. The zero-order valence-electron chi connectivity index (χ0n) is 21.4. The van der Waals surface area contributed by atoms with E-state index in [4.69, 9.17) is 14.2 Å². The van der Waals surface area contributed by atoms with Crippen molar-refractivity contribution in [2.45, 2.75) is 75.9 Å². The van der Waals surface area contributed by atoms with E-state index in [9.17, 15) is 22.8 Å². The summed E-state index contributed by atoms with van der Waals surface area (Å²) in [5.41, 5.74) is 1.20. The summed E-state index contributed by atoms with van der Waals surface area (Å²) in [5, 5.41) is -0.625. The predicted octanol–water partition coefficient (Wildman–Crippen LogP) is 6.24. The quantitative estimate of drug-likeness (QED) is 0.269. The van der Waals surface area contributed by atoms with Crippen LogP contribution in [0.15, 0.2) is 54.6 Å². The van der Waals surface area contributed by atoms with E-state index in [2.05, 4.69) is 4.74 Å². The number of carbonyl (C=O) groups is 1. The first-order chi connectivity index (χ1) is 17.3. The molecule has 3 rings (SSSR count). The van der Waals surface area contributed by atoms with Crippen molar-refractivity contribution in [2.75, 3.05) is 13.2 Å². The molecule has 0 saturated heterocycles. The van der Waals surface area contributed by atoms with Crippen LogP contribution in [-0.2, 0) is 20.8 Å². The van der Waals surface area contributed by atoms with Gasteiger partial charge in [0.15, 0.2) is 8.32 Å². The van der Waals surface area contributed by atoms with Gasteiger partial charge in [-0.25, -0.2) is 4.79 Å². The molecule has 3 atom stereocenters. The molecule has 204 valence electrons. The lowest BCUT2D eigenvalue weighted by Crippen LogP contribution is -2.47. The summed E-state index contributed by atoms with van der Waals surface area (Å²) < 4.78 is 58.7. The molecule has 0 aliphatic heterocycles. The van der Waals surface area contributed by atoms with Gasteiger partial charge >= 0.3 is 12.3 Å². The van der Waals surface area contributed by atoms with E-state index >= 15 is 0 Å². The average molecular weight is 541 g/mol. The highest BCUT2D eigenvalue weighted by molar-refractivity contribution is 6.73. The van der Waals surface area contributed by atoms with Gasteiger partial charge in [-0.15, -0.1) is 13.2 Å². The Bertz CT molecular complexity index is 994. The molecule has 1 aliphatic carbocycles. The monoisotopic (exact) mass is 540 g/mol. The summed E-state index contributed by atoms with van der Waals surface area (Å²) in [6.45, 7) is 6.26. The van der Waals surface area contributed by atoms with Crippen LogP contribution in [0.3, 0.4) is 0 Å². The number of halogens is 3. The summed E-state index contributed by atoms with van der Waals surface area (Å²) >= 11 is 0. The van der Waals surface area contributed by atoms with Crippen LogP contribution < -0.4 is 4.74 Å². The zero-order valence-corrected chi connectivity index (χ0v) is 22.4. The molecule has 10 heteroatoms. The number of hydrogen-bond acceptors (Lipinski definition) is 6. The van der Waals surface area contributed by atoms with E-state index in [1.165, 1.54) is 24.3 Å². The normalized spacial score (nSPS) is 20.2. The van der Waals surface area contributed by atoms with Crippen LogP contribution in [-0.4, -0.2) is 50.9 Å². The first-order valence-electron chi connectivity index (χ1n) is 12.4. The van der Waals surface area contributed by atoms with Crippen molar-refractivity contribution < 1.29 is 41.7 Å². The van der Waals surface area contributed by atoms with Gasteiger partial charge in [0, 0.05) is 11.5 Å². The first kappa shape index (κ1) is 29.2. The van der Waals surface area contributed by atoms with E-state index in [1.807, 2.05) is 26.1 Å². The summed E-state index contributed by atoms with van der Waals surface area (Å²) in [5.74, 6) is -0.634. The number of benzene rings is 2. The highest BCUT2D eigenvalue weighted by Gasteiger charge is 2.44. The van der Waals surface area contributed by atoms with Gasteiger partial charge in [-0.2, -0.15) is 0 Å². The van der Waals surface area contributed by atoms with Crippen molar-refractivity contribution in [2.24, 2.45) is 0 Å². The Morgan fingerprint density at radius 1 is 1.00 bits per heavy atom. The molecule has 1 N–H and O–H groups in total. The molecule has 37 heavy (non-hydrogen) atoms. The van der Waals surface area contributed by atoms with Gasteiger partial charge in [0.05, 0.1) is 31.5 Å². The van der Waals surface area contributed by atoms with Gasteiger partial charge in [0.1, 0.15) is 11.9 Å². The van der Waals surface area contributed by atoms with E-state index < -0.39 is 19.7 Å². The highest BCUT2D eigenvalue weighted by Crippen LogP contribution is 2.38. The molecule has 1 aliphatic rings. The third-order valence-corrected chi connectivity index (χ3v) is 10.1. The Morgan fingerprint density at radius 3 is 2.27 bits per heavy atom. The van der Waals surface area contributed by atoms with E-state index in [0.717, 1.165) is 19.3 Å². The van der Waals surface area contributed by atoms with Crippen molar-refractivity contribution in [3.05, 3.63) is 65.7 Å². The lowest BCUT2D eigenvalue weighted by atomic mass is 9.94. The van der Waals surface area contributed by atoms with Gasteiger partial charge < -0.3 is 23.7 Å². The molecular formula is C27H35F3O6Si. The molecule has 0 heterocycles. The summed E-state index contributed by atoms with van der Waals surface area (Å²) in [7, 11) is -2.74. The average Bonchev–Trinajstić information content (AvgIpc) is 2.83. The lowest BCUT2D eigenvalue weighted by molar-refractivity contribution is -0.274. The van der Waals surface area contributed by atoms with Crippen LogP contribution in [0.2, 0.25) is 18.1 Å². The SMILES string of the molecule is CC(COCc1ccc(OC(F)(F)F)cc1)(CO[C@@H]1CCC[C@H](OC(=O)c2ccccc2)C1)[Si](C)(C)O. The molecule has 0 radical (unpaired) electrons. The maximum Gasteiger partial charge on any atom is 0.573 e. The van der Waals surface area contributed by atoms with E-state index in [1.54, 1.807) is 24.3 Å². The number of hydrogen-bond donors (Lipinski definition) is 1. The Labute approximate surface area is 216 Å². The molecule has 1 unspecified atom stereocenters. The van der Waals surface area contributed by atoms with Crippen molar-refractivity contribution >= 4 is 14.3 Å². The molecule has 2 aromatic rings. The van der Waals surface area contributed by atoms with E-state index in [-0.39, 0.29) is 43.7 Å². The van der Waals surface area contributed by atoms with Crippen molar-refractivity contribution in [3.8, 4) is 5.75 Å². The van der Waals surface area contributed by atoms with Crippen molar-refractivity contribution in [1.29, 1.82) is 0 Å². The van der Waals surface area contributed by atoms with Crippen molar-refractivity contribution in [3.63, 3.8) is 0 Å². The minimum atomic E-state index is -4.74. The first-order valence-corrected chi connectivity index (χ1v) is 15.3. The smallest absolute Gasteiger partial charge is 0.459 e. The number of alkyl halides is 3. The second-order valence-corrected chi connectivity index (χ2v) is 14.6. The summed E-state index contributed by atoms with van der Waals surface area (Å²) in [6, 6.07) is 14.4. The van der Waals surface area contributed by atoms with Crippen LogP contribution in [0.5, 0.6) is 5.75 Å².